The Morgan fingerprint density at radius 3 is 2.68 bits per heavy atom. The minimum Gasteiger partial charge on any atom is -0.396 e. The van der Waals surface area contributed by atoms with Gasteiger partial charge in [-0.25, -0.2) is 4.98 Å². The van der Waals surface area contributed by atoms with Gasteiger partial charge in [0.1, 0.15) is 17.5 Å². The molecule has 0 spiro atoms. The second-order valence-electron chi connectivity index (χ2n) is 10.4. The summed E-state index contributed by atoms with van der Waals surface area (Å²) >= 11 is 4.51. The zero-order valence-electron chi connectivity index (χ0n) is 19.5. The van der Waals surface area contributed by atoms with Crippen LogP contribution in [0.1, 0.15) is 49.7 Å². The number of thiol groups is 1. The Balaban J connectivity index is 1.25. The quantitative estimate of drug-likeness (QED) is 0.261. The van der Waals surface area contributed by atoms with Crippen molar-refractivity contribution < 1.29 is 5.11 Å². The van der Waals surface area contributed by atoms with E-state index in [-0.39, 0.29) is 12.0 Å². The number of anilines is 2. The van der Waals surface area contributed by atoms with Crippen molar-refractivity contribution in [1.82, 2.24) is 15.3 Å². The summed E-state index contributed by atoms with van der Waals surface area (Å²) in [5.74, 6) is 3.37. The molecule has 0 radical (unpaired) electrons. The summed E-state index contributed by atoms with van der Waals surface area (Å²) in [7, 11) is 0. The van der Waals surface area contributed by atoms with Crippen molar-refractivity contribution in [3.8, 4) is 6.07 Å². The first kappa shape index (κ1) is 23.4. The van der Waals surface area contributed by atoms with E-state index in [0.29, 0.717) is 41.8 Å². The van der Waals surface area contributed by atoms with Crippen LogP contribution in [0.4, 0.5) is 11.8 Å². The molecule has 1 aromatic heterocycles. The smallest absolute Gasteiger partial charge is 0.224 e. The van der Waals surface area contributed by atoms with Crippen LogP contribution in [0.2, 0.25) is 0 Å². The lowest BCUT2D eigenvalue weighted by Crippen LogP contribution is -2.59. The van der Waals surface area contributed by atoms with E-state index in [1.54, 1.807) is 6.20 Å². The molecule has 4 aliphatic carbocycles. The normalized spacial score (nSPS) is 29.1. The van der Waals surface area contributed by atoms with Crippen molar-refractivity contribution >= 4 is 24.4 Å². The highest BCUT2D eigenvalue weighted by molar-refractivity contribution is 7.80. The summed E-state index contributed by atoms with van der Waals surface area (Å²) < 4.78 is 0. The average molecular weight is 479 g/mol. The Kier molecular flexibility index (Phi) is 6.96. The van der Waals surface area contributed by atoms with Crippen molar-refractivity contribution in [2.24, 2.45) is 23.2 Å². The third-order valence-corrected chi connectivity index (χ3v) is 8.52. The van der Waals surface area contributed by atoms with Crippen LogP contribution < -0.4 is 16.0 Å². The topological polar surface area (TPSA) is 106 Å². The molecule has 0 aliphatic heterocycles. The van der Waals surface area contributed by atoms with Gasteiger partial charge in [-0.2, -0.15) is 10.2 Å². The number of hydrogen-bond donors (Lipinski definition) is 5. The maximum Gasteiger partial charge on any atom is 0.224 e. The van der Waals surface area contributed by atoms with Gasteiger partial charge in [-0.15, -0.1) is 12.6 Å². The number of nitriles is 1. The van der Waals surface area contributed by atoms with E-state index < -0.39 is 0 Å². The number of hydrogen-bond acceptors (Lipinski definition) is 8. The highest BCUT2D eigenvalue weighted by Crippen LogP contribution is 2.60. The fourth-order valence-electron chi connectivity index (χ4n) is 6.88. The average Bonchev–Trinajstić information content (AvgIpc) is 2.84. The van der Waals surface area contributed by atoms with E-state index >= 15 is 0 Å². The number of aliphatic hydroxyl groups excluding tert-OH is 1. The Labute approximate surface area is 207 Å². The van der Waals surface area contributed by atoms with Crippen molar-refractivity contribution in [2.45, 2.75) is 56.0 Å². The standard InChI is InChI=1S/C26H34N6OS/c27-13-21-15-30-25(29-14-18-4-1-2-5-22(18)34)32-24(21)31-16-26-10-17-8-19(11-26)23(20(9-17)12-26)28-6-3-7-33/h1-2,4-5,15,17,19-20,23,28,33-34H,3,6-12,14,16H2,(H2,29,30,31,32)/t17?,19-,20+,23-,26+. The number of nitrogens with zero attached hydrogens (tertiary/aromatic N) is 3. The van der Waals surface area contributed by atoms with E-state index in [0.717, 1.165) is 35.9 Å². The van der Waals surface area contributed by atoms with Gasteiger partial charge >= 0.3 is 0 Å². The molecular formula is C26H34N6OS. The molecule has 180 valence electrons. The number of aliphatic hydroxyl groups is 1. The monoisotopic (exact) mass is 478 g/mol. The molecule has 34 heavy (non-hydrogen) atoms. The molecule has 4 saturated carbocycles. The first-order valence-electron chi connectivity index (χ1n) is 12.4. The minimum absolute atomic E-state index is 0.254. The largest absolute Gasteiger partial charge is 0.396 e. The van der Waals surface area contributed by atoms with Crippen molar-refractivity contribution in [3.05, 3.63) is 41.6 Å². The first-order valence-corrected chi connectivity index (χ1v) is 12.9. The highest BCUT2D eigenvalue weighted by atomic mass is 32.1. The van der Waals surface area contributed by atoms with Gasteiger partial charge in [0.2, 0.25) is 5.95 Å². The molecule has 4 fully saturated rings. The van der Waals surface area contributed by atoms with E-state index in [4.69, 9.17) is 5.11 Å². The summed E-state index contributed by atoms with van der Waals surface area (Å²) in [6, 6.07) is 10.8. The molecule has 2 aromatic rings. The van der Waals surface area contributed by atoms with Crippen molar-refractivity contribution in [1.29, 1.82) is 5.26 Å². The summed E-state index contributed by atoms with van der Waals surface area (Å²) in [6.45, 7) is 2.59. The second kappa shape index (κ2) is 10.1. The van der Waals surface area contributed by atoms with Gasteiger partial charge in [-0.05, 0) is 79.9 Å². The molecule has 4 aliphatic rings. The fraction of sp³-hybridized carbons (Fsp3) is 0.577. The Morgan fingerprint density at radius 1 is 1.15 bits per heavy atom. The first-order chi connectivity index (χ1) is 16.6. The molecule has 0 amide bonds. The van der Waals surface area contributed by atoms with Gasteiger partial charge in [-0.3, -0.25) is 0 Å². The van der Waals surface area contributed by atoms with Gasteiger partial charge in [-0.1, -0.05) is 18.2 Å². The Morgan fingerprint density at radius 2 is 1.94 bits per heavy atom. The predicted molar refractivity (Wildman–Crippen MR) is 136 cm³/mol. The highest BCUT2D eigenvalue weighted by Gasteiger charge is 2.54. The lowest BCUT2D eigenvalue weighted by molar-refractivity contribution is -0.0694. The summed E-state index contributed by atoms with van der Waals surface area (Å²) in [5, 5.41) is 29.4. The van der Waals surface area contributed by atoms with Gasteiger partial charge in [0.05, 0.1) is 6.20 Å². The van der Waals surface area contributed by atoms with Crippen LogP contribution in [0.3, 0.4) is 0 Å². The molecule has 1 unspecified atom stereocenters. The Bertz CT molecular complexity index is 1040. The molecule has 8 heteroatoms. The van der Waals surface area contributed by atoms with Crippen LogP contribution >= 0.6 is 12.6 Å². The van der Waals surface area contributed by atoms with Crippen LogP contribution in [-0.4, -0.2) is 40.8 Å². The summed E-state index contributed by atoms with van der Waals surface area (Å²) in [6.07, 6.45) is 8.80. The zero-order valence-corrected chi connectivity index (χ0v) is 20.4. The third kappa shape index (κ3) is 4.88. The van der Waals surface area contributed by atoms with Gasteiger partial charge < -0.3 is 21.1 Å². The number of aromatic nitrogens is 2. The van der Waals surface area contributed by atoms with Crippen LogP contribution in [-0.2, 0) is 6.54 Å². The summed E-state index contributed by atoms with van der Waals surface area (Å²) in [4.78, 5) is 9.92. The van der Waals surface area contributed by atoms with Crippen LogP contribution in [0, 0.1) is 34.5 Å². The zero-order chi connectivity index (χ0) is 23.5. The van der Waals surface area contributed by atoms with Gasteiger partial charge in [0.25, 0.3) is 0 Å². The molecule has 0 saturated heterocycles. The maximum atomic E-state index is 9.63. The number of benzene rings is 1. The lowest BCUT2D eigenvalue weighted by atomic mass is 9.48. The molecule has 6 rings (SSSR count). The number of rotatable bonds is 10. The van der Waals surface area contributed by atoms with Crippen molar-refractivity contribution in [3.63, 3.8) is 0 Å². The van der Waals surface area contributed by atoms with Crippen molar-refractivity contribution in [2.75, 3.05) is 30.3 Å². The maximum absolute atomic E-state index is 9.63. The second-order valence-corrected chi connectivity index (χ2v) is 10.9. The molecule has 4 bridgehead atoms. The number of nitrogens with one attached hydrogen (secondary N) is 3. The van der Waals surface area contributed by atoms with Gasteiger partial charge in [0, 0.05) is 30.6 Å². The molecule has 7 nitrogen and oxygen atoms in total. The Hall–Kier alpha value is -2.34. The lowest BCUT2D eigenvalue weighted by Gasteiger charge is -2.60. The third-order valence-electron chi connectivity index (χ3n) is 8.08. The predicted octanol–water partition coefficient (Wildman–Crippen LogP) is 3.83. The van der Waals surface area contributed by atoms with Crippen LogP contribution in [0.25, 0.3) is 0 Å². The molecule has 5 atom stereocenters. The molecule has 1 aromatic carbocycles. The SMILES string of the molecule is N#Cc1cnc(NCc2ccccc2S)nc1NC[C@@]12CC3C[C@H](C1)[C@@H](NCCCO)[C@@H](C3)C2. The molecular weight excluding hydrogens is 444 g/mol. The van der Waals surface area contributed by atoms with E-state index in [1.807, 2.05) is 24.3 Å². The molecule has 4 N–H and O–H groups in total. The summed E-state index contributed by atoms with van der Waals surface area (Å²) in [5.41, 5.74) is 1.83. The van der Waals surface area contributed by atoms with Gasteiger partial charge in [0.15, 0.2) is 0 Å². The van der Waals surface area contributed by atoms with E-state index in [1.165, 1.54) is 32.1 Å². The minimum atomic E-state index is 0.254. The van der Waals surface area contributed by atoms with E-state index in [2.05, 4.69) is 44.6 Å². The van der Waals surface area contributed by atoms with Crippen LogP contribution in [0.5, 0.6) is 0 Å². The fourth-order valence-corrected chi connectivity index (χ4v) is 7.12. The van der Waals surface area contributed by atoms with E-state index in [9.17, 15) is 5.26 Å². The molecule has 1 heterocycles. The van der Waals surface area contributed by atoms with Crippen LogP contribution in [0.15, 0.2) is 35.4 Å².